The SMILES string of the molecule is CCCCOC(=O)C(OC(=O)c1ccccc1)c1cccnc1. The smallest absolute Gasteiger partial charge is 0.352 e. The molecule has 2 aromatic rings. The summed E-state index contributed by atoms with van der Waals surface area (Å²) >= 11 is 0. The van der Waals surface area contributed by atoms with Gasteiger partial charge < -0.3 is 9.47 Å². The summed E-state index contributed by atoms with van der Waals surface area (Å²) in [5.74, 6) is -1.16. The topological polar surface area (TPSA) is 65.5 Å². The van der Waals surface area contributed by atoms with E-state index in [2.05, 4.69) is 4.98 Å². The maximum Gasteiger partial charge on any atom is 0.352 e. The van der Waals surface area contributed by atoms with Crippen LogP contribution in [0.1, 0.15) is 41.8 Å². The van der Waals surface area contributed by atoms with Crippen molar-refractivity contribution in [2.24, 2.45) is 0 Å². The molecule has 2 rings (SSSR count). The van der Waals surface area contributed by atoms with Crippen molar-refractivity contribution in [3.05, 3.63) is 66.0 Å². The summed E-state index contributed by atoms with van der Waals surface area (Å²) in [6.07, 6.45) is 3.63. The predicted octanol–water partition coefficient (Wildman–Crippen LogP) is 3.32. The molecule has 120 valence electrons. The van der Waals surface area contributed by atoms with E-state index in [4.69, 9.17) is 9.47 Å². The molecule has 0 radical (unpaired) electrons. The summed E-state index contributed by atoms with van der Waals surface area (Å²) in [4.78, 5) is 28.4. The predicted molar refractivity (Wildman–Crippen MR) is 84.7 cm³/mol. The Bertz CT molecular complexity index is 628. The molecule has 0 N–H and O–H groups in total. The van der Waals surface area contributed by atoms with Crippen LogP contribution in [0.25, 0.3) is 0 Å². The third-order valence-electron chi connectivity index (χ3n) is 3.18. The number of hydrogen-bond acceptors (Lipinski definition) is 5. The normalized spacial score (nSPS) is 11.5. The fraction of sp³-hybridized carbons (Fsp3) is 0.278. The second-order valence-electron chi connectivity index (χ2n) is 4.96. The van der Waals surface area contributed by atoms with E-state index in [1.165, 1.54) is 6.20 Å². The molecule has 0 fully saturated rings. The van der Waals surface area contributed by atoms with Crippen LogP contribution >= 0.6 is 0 Å². The average Bonchev–Trinajstić information content (AvgIpc) is 2.61. The van der Waals surface area contributed by atoms with Crippen LogP contribution in [0.15, 0.2) is 54.9 Å². The second-order valence-corrected chi connectivity index (χ2v) is 4.96. The molecular weight excluding hydrogens is 294 g/mol. The monoisotopic (exact) mass is 313 g/mol. The van der Waals surface area contributed by atoms with Gasteiger partial charge in [0.1, 0.15) is 0 Å². The molecule has 1 atom stereocenters. The lowest BCUT2D eigenvalue weighted by molar-refractivity contribution is -0.154. The van der Waals surface area contributed by atoms with Gasteiger partial charge in [-0.2, -0.15) is 0 Å². The van der Waals surface area contributed by atoms with Gasteiger partial charge in [0.15, 0.2) is 0 Å². The Balaban J connectivity index is 2.13. The van der Waals surface area contributed by atoms with Crippen LogP contribution < -0.4 is 0 Å². The average molecular weight is 313 g/mol. The minimum absolute atomic E-state index is 0.301. The highest BCUT2D eigenvalue weighted by atomic mass is 16.6. The van der Waals surface area contributed by atoms with Crippen molar-refractivity contribution in [1.82, 2.24) is 4.98 Å². The van der Waals surface area contributed by atoms with Gasteiger partial charge in [0.05, 0.1) is 12.2 Å². The molecule has 5 heteroatoms. The first kappa shape index (κ1) is 16.7. The van der Waals surface area contributed by atoms with Gasteiger partial charge in [-0.1, -0.05) is 37.6 Å². The Morgan fingerprint density at radius 1 is 1.13 bits per heavy atom. The highest BCUT2D eigenvalue weighted by Gasteiger charge is 2.27. The van der Waals surface area contributed by atoms with E-state index in [-0.39, 0.29) is 0 Å². The fourth-order valence-electron chi connectivity index (χ4n) is 1.93. The zero-order chi connectivity index (χ0) is 16.5. The van der Waals surface area contributed by atoms with E-state index in [9.17, 15) is 9.59 Å². The van der Waals surface area contributed by atoms with Gasteiger partial charge >= 0.3 is 11.9 Å². The van der Waals surface area contributed by atoms with Crippen molar-refractivity contribution in [2.75, 3.05) is 6.61 Å². The Hall–Kier alpha value is -2.69. The highest BCUT2D eigenvalue weighted by molar-refractivity contribution is 5.91. The van der Waals surface area contributed by atoms with E-state index in [1.807, 2.05) is 6.92 Å². The number of carbonyl (C=O) groups is 2. The van der Waals surface area contributed by atoms with Crippen molar-refractivity contribution >= 4 is 11.9 Å². The molecule has 0 aliphatic heterocycles. The summed E-state index contributed by atoms with van der Waals surface area (Å²) < 4.78 is 10.6. The van der Waals surface area contributed by atoms with Gasteiger partial charge in [0.2, 0.25) is 6.10 Å². The van der Waals surface area contributed by atoms with E-state index in [0.717, 1.165) is 12.8 Å². The van der Waals surface area contributed by atoms with E-state index in [0.29, 0.717) is 17.7 Å². The van der Waals surface area contributed by atoms with Crippen LogP contribution in [-0.4, -0.2) is 23.5 Å². The third kappa shape index (κ3) is 4.92. The fourth-order valence-corrected chi connectivity index (χ4v) is 1.93. The number of ether oxygens (including phenoxy) is 2. The molecule has 0 amide bonds. The summed E-state index contributed by atoms with van der Waals surface area (Å²) in [5.41, 5.74) is 0.862. The molecular formula is C18H19NO4. The first-order valence-electron chi connectivity index (χ1n) is 7.55. The molecule has 0 aliphatic carbocycles. The Morgan fingerprint density at radius 3 is 2.57 bits per heavy atom. The van der Waals surface area contributed by atoms with Crippen molar-refractivity contribution in [2.45, 2.75) is 25.9 Å². The van der Waals surface area contributed by atoms with Crippen LogP contribution in [0.4, 0.5) is 0 Å². The van der Waals surface area contributed by atoms with Crippen molar-refractivity contribution in [3.63, 3.8) is 0 Å². The van der Waals surface area contributed by atoms with Crippen LogP contribution in [0.3, 0.4) is 0 Å². The van der Waals surface area contributed by atoms with Crippen molar-refractivity contribution < 1.29 is 19.1 Å². The molecule has 23 heavy (non-hydrogen) atoms. The van der Waals surface area contributed by atoms with Gasteiger partial charge in [0, 0.05) is 18.0 Å². The lowest BCUT2D eigenvalue weighted by Gasteiger charge is -2.17. The van der Waals surface area contributed by atoms with Crippen LogP contribution in [-0.2, 0) is 14.3 Å². The molecule has 0 spiro atoms. The largest absolute Gasteiger partial charge is 0.463 e. The van der Waals surface area contributed by atoms with Crippen molar-refractivity contribution in [3.8, 4) is 0 Å². The zero-order valence-corrected chi connectivity index (χ0v) is 13.0. The number of carbonyl (C=O) groups excluding carboxylic acids is 2. The maximum atomic E-state index is 12.3. The number of nitrogens with zero attached hydrogens (tertiary/aromatic N) is 1. The summed E-state index contributed by atoms with van der Waals surface area (Å²) in [5, 5.41) is 0. The number of benzene rings is 1. The van der Waals surface area contributed by atoms with E-state index < -0.39 is 18.0 Å². The minimum atomic E-state index is -1.12. The lowest BCUT2D eigenvalue weighted by atomic mass is 10.1. The van der Waals surface area contributed by atoms with E-state index in [1.54, 1.807) is 48.7 Å². The van der Waals surface area contributed by atoms with Gasteiger partial charge in [-0.3, -0.25) is 4.98 Å². The number of aromatic nitrogens is 1. The molecule has 0 bridgehead atoms. The number of hydrogen-bond donors (Lipinski definition) is 0. The van der Waals surface area contributed by atoms with Gasteiger partial charge in [-0.25, -0.2) is 9.59 Å². The molecule has 1 aromatic carbocycles. The third-order valence-corrected chi connectivity index (χ3v) is 3.18. The number of rotatable bonds is 7. The Kier molecular flexibility index (Phi) is 6.29. The second kappa shape index (κ2) is 8.68. The molecule has 1 unspecified atom stereocenters. The molecule has 1 heterocycles. The standard InChI is InChI=1S/C18H19NO4/c1-2-3-12-22-18(21)16(15-10-7-11-19-13-15)23-17(20)14-8-5-4-6-9-14/h4-11,13,16H,2-3,12H2,1H3. The Labute approximate surface area is 135 Å². The lowest BCUT2D eigenvalue weighted by Crippen LogP contribution is -2.22. The zero-order valence-electron chi connectivity index (χ0n) is 13.0. The molecule has 5 nitrogen and oxygen atoms in total. The quantitative estimate of drug-likeness (QED) is 0.579. The highest BCUT2D eigenvalue weighted by Crippen LogP contribution is 2.20. The van der Waals surface area contributed by atoms with Crippen LogP contribution in [0.2, 0.25) is 0 Å². The van der Waals surface area contributed by atoms with Gasteiger partial charge in [0.25, 0.3) is 0 Å². The molecule has 0 aliphatic rings. The van der Waals surface area contributed by atoms with E-state index >= 15 is 0 Å². The van der Waals surface area contributed by atoms with Gasteiger partial charge in [-0.15, -0.1) is 0 Å². The minimum Gasteiger partial charge on any atom is -0.463 e. The van der Waals surface area contributed by atoms with Crippen LogP contribution in [0.5, 0.6) is 0 Å². The summed E-state index contributed by atoms with van der Waals surface area (Å²) in [7, 11) is 0. The summed E-state index contributed by atoms with van der Waals surface area (Å²) in [6.45, 7) is 2.30. The number of unbranched alkanes of at least 4 members (excludes halogenated alkanes) is 1. The first-order chi connectivity index (χ1) is 11.2. The van der Waals surface area contributed by atoms with Gasteiger partial charge in [-0.05, 0) is 24.6 Å². The molecule has 0 saturated carbocycles. The number of pyridine rings is 1. The summed E-state index contributed by atoms with van der Waals surface area (Å²) in [6, 6.07) is 11.9. The first-order valence-corrected chi connectivity index (χ1v) is 7.55. The van der Waals surface area contributed by atoms with Crippen molar-refractivity contribution in [1.29, 1.82) is 0 Å². The maximum absolute atomic E-state index is 12.3. The molecule has 0 saturated heterocycles. The Morgan fingerprint density at radius 2 is 1.91 bits per heavy atom. The van der Waals surface area contributed by atoms with Crippen LogP contribution in [0, 0.1) is 0 Å². The molecule has 1 aromatic heterocycles. The number of esters is 2.